The van der Waals surface area contributed by atoms with Gasteiger partial charge in [-0.2, -0.15) is 0 Å². The van der Waals surface area contributed by atoms with Crippen LogP contribution in [-0.2, 0) is 0 Å². The van der Waals surface area contributed by atoms with Gasteiger partial charge in [0.15, 0.2) is 0 Å². The molecule has 0 saturated carbocycles. The predicted molar refractivity (Wildman–Crippen MR) is 35.4 cm³/mol. The molecule has 0 fully saturated rings. The van der Waals surface area contributed by atoms with Crippen LogP contribution >= 0.6 is 0 Å². The molecule has 0 unspecified atom stereocenters. The Morgan fingerprint density at radius 3 is 1.43 bits per heavy atom. The van der Waals surface area contributed by atoms with E-state index in [0.717, 1.165) is 0 Å². The summed E-state index contributed by atoms with van der Waals surface area (Å²) in [6.07, 6.45) is 0. The molecule has 0 heterocycles. The van der Waals surface area contributed by atoms with Crippen molar-refractivity contribution in [3.05, 3.63) is 22.1 Å². The van der Waals surface area contributed by atoms with Crippen LogP contribution in [0.3, 0.4) is 0 Å². The van der Waals surface area contributed by atoms with Gasteiger partial charge in [-0.05, 0) is 0 Å². The maximum atomic E-state index is 3.76. The van der Waals surface area contributed by atoms with Gasteiger partial charge < -0.3 is 0 Å². The zero-order valence-corrected chi connectivity index (χ0v) is 6.54. The zero-order chi connectivity index (χ0) is 5.86. The van der Waals surface area contributed by atoms with Gasteiger partial charge in [-0.3, -0.25) is 0 Å². The third-order valence-electron chi connectivity index (χ3n) is 0.348. The summed E-state index contributed by atoms with van der Waals surface area (Å²) < 4.78 is 2.50. The monoisotopic (exact) mass is 162 g/mol. The molecule has 0 aromatic heterocycles. The Balaban J connectivity index is 3.32. The summed E-state index contributed by atoms with van der Waals surface area (Å²) in [6, 6.07) is 0. The SMILES string of the molecule is C=C(C)[Se]C(=C)C. The fraction of sp³-hybridized carbons (Fsp3) is 0.333. The number of allylic oxidation sites excluding steroid dienone is 2. The van der Waals surface area contributed by atoms with Crippen LogP contribution in [-0.4, -0.2) is 15.0 Å². The van der Waals surface area contributed by atoms with Gasteiger partial charge in [-0.25, -0.2) is 0 Å². The van der Waals surface area contributed by atoms with Gasteiger partial charge in [-0.1, -0.05) is 0 Å². The summed E-state index contributed by atoms with van der Waals surface area (Å²) >= 11 is 0.486. The molecule has 0 aliphatic carbocycles. The Hall–Kier alpha value is -0.000519. The molecule has 0 aliphatic rings. The minimum atomic E-state index is 0.486. The molecule has 0 aliphatic heterocycles. The minimum absolute atomic E-state index is 0.486. The standard InChI is InChI=1S/C6H10Se/c1-5(2)7-6(3)4/h1,3H2,2,4H3. The number of hydrogen-bond acceptors (Lipinski definition) is 0. The van der Waals surface area contributed by atoms with E-state index in [2.05, 4.69) is 13.2 Å². The molecule has 0 bridgehead atoms. The van der Waals surface area contributed by atoms with E-state index in [1.54, 1.807) is 0 Å². The third-order valence-corrected chi connectivity index (χ3v) is 1.81. The third kappa shape index (κ3) is 6.00. The molecule has 1 heteroatoms. The molecule has 0 aromatic carbocycles. The molecule has 0 rings (SSSR count). The maximum absolute atomic E-state index is 3.76. The van der Waals surface area contributed by atoms with Crippen LogP contribution in [0.4, 0.5) is 0 Å². The van der Waals surface area contributed by atoms with Crippen molar-refractivity contribution in [2.24, 2.45) is 0 Å². The summed E-state index contributed by atoms with van der Waals surface area (Å²) in [5.74, 6) is 0. The van der Waals surface area contributed by atoms with Gasteiger partial charge in [0.2, 0.25) is 0 Å². The first kappa shape index (κ1) is 7.00. The van der Waals surface area contributed by atoms with E-state index in [1.807, 2.05) is 13.8 Å². The van der Waals surface area contributed by atoms with Crippen molar-refractivity contribution < 1.29 is 0 Å². The molecule has 0 atom stereocenters. The summed E-state index contributed by atoms with van der Waals surface area (Å²) in [5, 5.41) is 0. The molecule has 0 aromatic rings. The van der Waals surface area contributed by atoms with Crippen LogP contribution in [0.2, 0.25) is 0 Å². The van der Waals surface area contributed by atoms with Crippen molar-refractivity contribution in [3.8, 4) is 0 Å². The molecule has 0 amide bonds. The van der Waals surface area contributed by atoms with Crippen molar-refractivity contribution in [3.63, 3.8) is 0 Å². The Morgan fingerprint density at radius 2 is 1.43 bits per heavy atom. The van der Waals surface area contributed by atoms with E-state index in [9.17, 15) is 0 Å². The Kier molecular flexibility index (Phi) is 3.06. The van der Waals surface area contributed by atoms with E-state index < -0.39 is 0 Å². The average Bonchev–Trinajstić information content (AvgIpc) is 1.27. The van der Waals surface area contributed by atoms with Crippen molar-refractivity contribution >= 4 is 15.0 Å². The number of rotatable bonds is 2. The summed E-state index contributed by atoms with van der Waals surface area (Å²) in [5.41, 5.74) is 0. The van der Waals surface area contributed by atoms with Crippen molar-refractivity contribution in [1.29, 1.82) is 0 Å². The second kappa shape index (κ2) is 3.06. The van der Waals surface area contributed by atoms with Crippen LogP contribution in [0.15, 0.2) is 22.1 Å². The Bertz CT molecular complexity index is 80.4. The first-order chi connectivity index (χ1) is 3.13. The summed E-state index contributed by atoms with van der Waals surface area (Å²) in [4.78, 5) is 0. The second-order valence-corrected chi connectivity index (χ2v) is 4.86. The van der Waals surface area contributed by atoms with E-state index in [0.29, 0.717) is 15.0 Å². The van der Waals surface area contributed by atoms with Gasteiger partial charge in [-0.15, -0.1) is 0 Å². The van der Waals surface area contributed by atoms with Gasteiger partial charge in [0.1, 0.15) is 0 Å². The van der Waals surface area contributed by atoms with Crippen molar-refractivity contribution in [2.75, 3.05) is 0 Å². The summed E-state index contributed by atoms with van der Waals surface area (Å²) in [7, 11) is 0. The van der Waals surface area contributed by atoms with E-state index >= 15 is 0 Å². The normalized spacial score (nSPS) is 8.29. The molecule has 40 valence electrons. The van der Waals surface area contributed by atoms with Crippen LogP contribution in [0.5, 0.6) is 0 Å². The molecule has 0 radical (unpaired) electrons. The van der Waals surface area contributed by atoms with E-state index in [4.69, 9.17) is 0 Å². The fourth-order valence-corrected chi connectivity index (χ4v) is 1.55. The topological polar surface area (TPSA) is 0 Å². The van der Waals surface area contributed by atoms with Crippen LogP contribution in [0, 0.1) is 0 Å². The van der Waals surface area contributed by atoms with Crippen LogP contribution < -0.4 is 0 Å². The molecular formula is C6H10Se. The summed E-state index contributed by atoms with van der Waals surface area (Å²) in [6.45, 7) is 11.6. The Morgan fingerprint density at radius 1 is 1.14 bits per heavy atom. The van der Waals surface area contributed by atoms with Gasteiger partial charge >= 0.3 is 50.9 Å². The van der Waals surface area contributed by atoms with Crippen molar-refractivity contribution in [1.82, 2.24) is 0 Å². The van der Waals surface area contributed by atoms with Gasteiger partial charge in [0, 0.05) is 0 Å². The first-order valence-electron chi connectivity index (χ1n) is 2.12. The Labute approximate surface area is 51.5 Å². The van der Waals surface area contributed by atoms with E-state index in [1.165, 1.54) is 8.94 Å². The average molecular weight is 161 g/mol. The van der Waals surface area contributed by atoms with Gasteiger partial charge in [0.05, 0.1) is 0 Å². The van der Waals surface area contributed by atoms with Crippen molar-refractivity contribution in [2.45, 2.75) is 13.8 Å². The molecule has 0 N–H and O–H groups in total. The van der Waals surface area contributed by atoms with Crippen LogP contribution in [0.25, 0.3) is 0 Å². The first-order valence-corrected chi connectivity index (χ1v) is 3.83. The molecule has 0 saturated heterocycles. The fourth-order valence-electron chi connectivity index (χ4n) is 0.297. The molecule has 0 nitrogen and oxygen atoms in total. The molecular weight excluding hydrogens is 151 g/mol. The van der Waals surface area contributed by atoms with Gasteiger partial charge in [0.25, 0.3) is 0 Å². The number of hydrogen-bond donors (Lipinski definition) is 0. The van der Waals surface area contributed by atoms with E-state index in [-0.39, 0.29) is 0 Å². The zero-order valence-electron chi connectivity index (χ0n) is 4.82. The quantitative estimate of drug-likeness (QED) is 0.541. The molecule has 7 heavy (non-hydrogen) atoms. The predicted octanol–water partition coefficient (Wildman–Crippen LogP) is 1.76. The molecule has 0 spiro atoms. The van der Waals surface area contributed by atoms with Crippen LogP contribution in [0.1, 0.15) is 13.8 Å². The second-order valence-electron chi connectivity index (χ2n) is 1.51.